The molecular weight excluding hydrogens is 286 g/mol. The fourth-order valence-corrected chi connectivity index (χ4v) is 2.71. The largest absolute Gasteiger partial charge is 0.480 e. The van der Waals surface area contributed by atoms with Crippen LogP contribution in [0.5, 0.6) is 0 Å². The number of carboxylic acids is 1. The van der Waals surface area contributed by atoms with Crippen LogP contribution in [0.4, 0.5) is 0 Å². The van der Waals surface area contributed by atoms with Crippen molar-refractivity contribution in [1.82, 2.24) is 14.8 Å². The van der Waals surface area contributed by atoms with Gasteiger partial charge >= 0.3 is 11.7 Å². The number of aromatic nitrogens is 3. The molecule has 2 N–H and O–H groups in total. The number of nitrogens with one attached hydrogen (secondary N) is 1. The van der Waals surface area contributed by atoms with Gasteiger partial charge in [-0.15, -0.1) is 0 Å². The monoisotopic (exact) mass is 299 g/mol. The number of hydrogen-bond donors (Lipinski definition) is 2. The highest BCUT2D eigenvalue weighted by atomic mass is 16.4. The Balaban J connectivity index is 1.72. The fourth-order valence-electron chi connectivity index (χ4n) is 2.71. The van der Waals surface area contributed by atoms with Crippen LogP contribution in [-0.4, -0.2) is 25.8 Å². The van der Waals surface area contributed by atoms with Crippen molar-refractivity contribution in [1.29, 1.82) is 0 Å². The summed E-state index contributed by atoms with van der Waals surface area (Å²) >= 11 is 0. The van der Waals surface area contributed by atoms with Gasteiger partial charge in [0, 0.05) is 11.8 Å². The Morgan fingerprint density at radius 2 is 2.23 bits per heavy atom. The molecule has 22 heavy (non-hydrogen) atoms. The van der Waals surface area contributed by atoms with E-state index in [-0.39, 0.29) is 5.92 Å². The second kappa shape index (κ2) is 4.59. The molecule has 0 amide bonds. The van der Waals surface area contributed by atoms with E-state index in [0.717, 1.165) is 24.0 Å². The molecule has 7 heteroatoms. The molecule has 112 valence electrons. The highest BCUT2D eigenvalue weighted by molar-refractivity contribution is 5.80. The number of carbonyl (C=O) groups is 1. The van der Waals surface area contributed by atoms with Crippen LogP contribution >= 0.6 is 0 Å². The number of benzene rings is 1. The van der Waals surface area contributed by atoms with Crippen LogP contribution in [0.1, 0.15) is 18.9 Å². The molecular formula is C15H13N3O4. The van der Waals surface area contributed by atoms with Crippen molar-refractivity contribution in [2.24, 2.45) is 5.92 Å². The molecule has 1 aliphatic carbocycles. The normalized spacial score (nSPS) is 16.0. The number of carboxylic acid groups (broad SMARTS) is 1. The number of aliphatic carboxylic acids is 1. The zero-order valence-electron chi connectivity index (χ0n) is 11.5. The van der Waals surface area contributed by atoms with E-state index in [9.17, 15) is 14.7 Å². The minimum absolute atomic E-state index is 0.165. The van der Waals surface area contributed by atoms with Crippen molar-refractivity contribution < 1.29 is 14.3 Å². The first kappa shape index (κ1) is 12.9. The molecule has 1 fully saturated rings. The van der Waals surface area contributed by atoms with E-state index < -0.39 is 17.8 Å². The first-order valence-corrected chi connectivity index (χ1v) is 7.02. The molecule has 1 aliphatic rings. The Hall–Kier alpha value is -2.83. The van der Waals surface area contributed by atoms with Gasteiger partial charge < -0.3 is 9.52 Å². The van der Waals surface area contributed by atoms with Gasteiger partial charge in [0.25, 0.3) is 0 Å². The summed E-state index contributed by atoms with van der Waals surface area (Å²) in [6.45, 7) is 0. The Morgan fingerprint density at radius 3 is 2.95 bits per heavy atom. The van der Waals surface area contributed by atoms with E-state index in [1.807, 2.05) is 6.07 Å². The predicted molar refractivity (Wildman–Crippen MR) is 77.5 cm³/mol. The number of rotatable bonds is 4. The van der Waals surface area contributed by atoms with Gasteiger partial charge in [-0.05, 0) is 36.5 Å². The summed E-state index contributed by atoms with van der Waals surface area (Å²) in [4.78, 5) is 25.2. The van der Waals surface area contributed by atoms with Crippen molar-refractivity contribution in [3.8, 4) is 11.1 Å². The molecule has 0 aliphatic heterocycles. The smallest absolute Gasteiger partial charge is 0.417 e. The molecule has 1 aromatic carbocycles. The Morgan fingerprint density at radius 1 is 1.41 bits per heavy atom. The highest BCUT2D eigenvalue weighted by Crippen LogP contribution is 2.40. The third kappa shape index (κ3) is 2.11. The number of oxazole rings is 1. The van der Waals surface area contributed by atoms with Crippen LogP contribution in [0.2, 0.25) is 0 Å². The molecule has 1 unspecified atom stereocenters. The molecule has 4 rings (SSSR count). The van der Waals surface area contributed by atoms with E-state index in [2.05, 4.69) is 10.1 Å². The molecule has 0 radical (unpaired) electrons. The second-order valence-electron chi connectivity index (χ2n) is 5.55. The number of hydrogen-bond acceptors (Lipinski definition) is 4. The maximum absolute atomic E-state index is 11.4. The van der Waals surface area contributed by atoms with Crippen molar-refractivity contribution in [2.75, 3.05) is 0 Å². The molecule has 0 bridgehead atoms. The molecule has 1 saturated carbocycles. The van der Waals surface area contributed by atoms with Gasteiger partial charge in [0.1, 0.15) is 0 Å². The van der Waals surface area contributed by atoms with Crippen LogP contribution in [0, 0.1) is 5.92 Å². The summed E-state index contributed by atoms with van der Waals surface area (Å²) in [6.07, 6.45) is 5.22. The van der Waals surface area contributed by atoms with Crippen LogP contribution in [0.15, 0.2) is 39.8 Å². The standard InChI is InChI=1S/C15H13N3O4/c19-14(20)13(8-1-2-8)18-7-10(6-16-18)9-3-4-12-11(5-9)17-15(21)22-12/h3-8,13H,1-2H2,(H,17,21)(H,19,20). The molecule has 7 nitrogen and oxygen atoms in total. The number of fused-ring (bicyclic) bond motifs is 1. The van der Waals surface area contributed by atoms with Gasteiger partial charge in [-0.3, -0.25) is 9.67 Å². The maximum Gasteiger partial charge on any atom is 0.417 e. The Kier molecular flexibility index (Phi) is 2.69. The quantitative estimate of drug-likeness (QED) is 0.767. The van der Waals surface area contributed by atoms with Gasteiger partial charge in [-0.25, -0.2) is 9.59 Å². The lowest BCUT2D eigenvalue weighted by Crippen LogP contribution is -2.21. The van der Waals surface area contributed by atoms with Crippen LogP contribution in [0.3, 0.4) is 0 Å². The van der Waals surface area contributed by atoms with E-state index >= 15 is 0 Å². The lowest BCUT2D eigenvalue weighted by molar-refractivity contribution is -0.141. The van der Waals surface area contributed by atoms with Crippen LogP contribution in [-0.2, 0) is 4.79 Å². The average Bonchev–Trinajstić information content (AvgIpc) is 3.04. The van der Waals surface area contributed by atoms with E-state index in [1.54, 1.807) is 24.5 Å². The van der Waals surface area contributed by atoms with Crippen LogP contribution < -0.4 is 5.76 Å². The maximum atomic E-state index is 11.4. The minimum atomic E-state index is -0.855. The lowest BCUT2D eigenvalue weighted by Gasteiger charge is -2.10. The SMILES string of the molecule is O=C(O)C(C1CC1)n1cc(-c2ccc3oc(=O)[nH]c3c2)cn1. The highest BCUT2D eigenvalue weighted by Gasteiger charge is 2.38. The molecule has 0 spiro atoms. The number of nitrogens with zero attached hydrogens (tertiary/aromatic N) is 2. The van der Waals surface area contributed by atoms with Crippen molar-refractivity contribution >= 4 is 17.1 Å². The Bertz CT molecular complexity index is 916. The zero-order valence-corrected chi connectivity index (χ0v) is 11.5. The van der Waals surface area contributed by atoms with E-state index in [1.165, 1.54) is 4.68 Å². The summed E-state index contributed by atoms with van der Waals surface area (Å²) < 4.78 is 6.48. The van der Waals surface area contributed by atoms with Crippen molar-refractivity contribution in [3.05, 3.63) is 41.1 Å². The predicted octanol–water partition coefficient (Wildman–Crippen LogP) is 2.02. The van der Waals surface area contributed by atoms with Crippen molar-refractivity contribution in [2.45, 2.75) is 18.9 Å². The van der Waals surface area contributed by atoms with Gasteiger partial charge in [-0.1, -0.05) is 6.07 Å². The summed E-state index contributed by atoms with van der Waals surface area (Å²) in [7, 11) is 0. The molecule has 0 saturated heterocycles. The number of H-pyrrole nitrogens is 1. The zero-order chi connectivity index (χ0) is 15.3. The molecule has 2 aromatic heterocycles. The van der Waals surface area contributed by atoms with Gasteiger partial charge in [0.15, 0.2) is 11.6 Å². The Labute approximate surface area is 124 Å². The summed E-state index contributed by atoms with van der Waals surface area (Å²) in [5, 5.41) is 13.5. The average molecular weight is 299 g/mol. The lowest BCUT2D eigenvalue weighted by atomic mass is 10.1. The van der Waals surface area contributed by atoms with Crippen LogP contribution in [0.25, 0.3) is 22.2 Å². The second-order valence-corrected chi connectivity index (χ2v) is 5.55. The van der Waals surface area contributed by atoms with E-state index in [0.29, 0.717) is 11.1 Å². The van der Waals surface area contributed by atoms with E-state index in [4.69, 9.17) is 4.42 Å². The summed E-state index contributed by atoms with van der Waals surface area (Å²) in [5.74, 6) is -1.19. The summed E-state index contributed by atoms with van der Waals surface area (Å²) in [5.41, 5.74) is 2.74. The third-order valence-corrected chi connectivity index (χ3v) is 3.96. The third-order valence-electron chi connectivity index (χ3n) is 3.96. The van der Waals surface area contributed by atoms with Gasteiger partial charge in [0.05, 0.1) is 11.7 Å². The topological polar surface area (TPSA) is 101 Å². The first-order valence-electron chi connectivity index (χ1n) is 7.02. The van der Waals surface area contributed by atoms with Gasteiger partial charge in [0.2, 0.25) is 0 Å². The summed E-state index contributed by atoms with van der Waals surface area (Å²) in [6, 6.07) is 4.70. The minimum Gasteiger partial charge on any atom is -0.480 e. The molecule has 1 atom stereocenters. The number of aromatic amines is 1. The fraction of sp³-hybridized carbons (Fsp3) is 0.267. The molecule has 3 aromatic rings. The molecule has 2 heterocycles. The van der Waals surface area contributed by atoms with Gasteiger partial charge in [-0.2, -0.15) is 5.10 Å². The van der Waals surface area contributed by atoms with Crippen molar-refractivity contribution in [3.63, 3.8) is 0 Å². The first-order chi connectivity index (χ1) is 10.6.